The van der Waals surface area contributed by atoms with Crippen LogP contribution in [0.3, 0.4) is 0 Å². The summed E-state index contributed by atoms with van der Waals surface area (Å²) in [6.07, 6.45) is 4.44. The van der Waals surface area contributed by atoms with Crippen molar-refractivity contribution in [2.24, 2.45) is 11.7 Å². The number of carbonyl (C=O) groups excluding carboxylic acids is 1. The molecule has 1 saturated carbocycles. The number of nitriles is 1. The van der Waals surface area contributed by atoms with E-state index in [0.29, 0.717) is 23.6 Å². The number of hydrogen-bond acceptors (Lipinski definition) is 3. The molecule has 108 valence electrons. The third-order valence-electron chi connectivity index (χ3n) is 3.80. The Labute approximate surface area is 125 Å². The van der Waals surface area contributed by atoms with Crippen molar-refractivity contribution < 1.29 is 4.79 Å². The van der Waals surface area contributed by atoms with Crippen molar-refractivity contribution in [1.82, 2.24) is 5.32 Å². The van der Waals surface area contributed by atoms with Crippen molar-refractivity contribution in [3.05, 3.63) is 35.4 Å². The highest BCUT2D eigenvalue weighted by Gasteiger charge is 2.25. The lowest BCUT2D eigenvalue weighted by Gasteiger charge is -2.31. The zero-order chi connectivity index (χ0) is 13.7. The molecule has 2 unspecified atom stereocenters. The van der Waals surface area contributed by atoms with Crippen LogP contribution in [0.1, 0.15) is 41.6 Å². The van der Waals surface area contributed by atoms with Crippen molar-refractivity contribution in [1.29, 1.82) is 5.26 Å². The molecular weight excluding hydrogens is 274 g/mol. The predicted molar refractivity (Wildman–Crippen MR) is 80.7 cm³/mol. The van der Waals surface area contributed by atoms with E-state index in [1.807, 2.05) is 6.07 Å². The fourth-order valence-corrected chi connectivity index (χ4v) is 2.63. The molecule has 0 radical (unpaired) electrons. The van der Waals surface area contributed by atoms with Crippen LogP contribution in [0.2, 0.25) is 0 Å². The summed E-state index contributed by atoms with van der Waals surface area (Å²) in [4.78, 5) is 12.1. The molecule has 1 aromatic rings. The molecule has 5 heteroatoms. The van der Waals surface area contributed by atoms with E-state index < -0.39 is 0 Å². The van der Waals surface area contributed by atoms with Gasteiger partial charge in [-0.25, -0.2) is 0 Å². The molecule has 0 saturated heterocycles. The minimum atomic E-state index is -0.0742. The molecule has 1 amide bonds. The number of nitrogens with one attached hydrogen (secondary N) is 1. The molecule has 0 aliphatic heterocycles. The second kappa shape index (κ2) is 7.88. The van der Waals surface area contributed by atoms with Crippen LogP contribution in [-0.2, 0) is 0 Å². The topological polar surface area (TPSA) is 78.9 Å². The first-order valence-corrected chi connectivity index (χ1v) is 6.75. The third kappa shape index (κ3) is 3.96. The number of nitrogens with two attached hydrogens (primary N) is 1. The molecule has 0 spiro atoms. The Morgan fingerprint density at radius 3 is 2.55 bits per heavy atom. The maximum Gasteiger partial charge on any atom is 0.251 e. The van der Waals surface area contributed by atoms with E-state index in [0.717, 1.165) is 19.3 Å². The fraction of sp³-hybridized carbons (Fsp3) is 0.467. The van der Waals surface area contributed by atoms with E-state index in [1.54, 1.807) is 24.3 Å². The molecule has 2 atom stereocenters. The molecule has 0 heterocycles. The SMILES string of the molecule is Cl.N#Cc1ccc(C(=O)NC2CCCCC2CN)cc1. The van der Waals surface area contributed by atoms with E-state index in [4.69, 9.17) is 11.0 Å². The number of amides is 1. The summed E-state index contributed by atoms with van der Waals surface area (Å²) < 4.78 is 0. The maximum absolute atomic E-state index is 12.1. The van der Waals surface area contributed by atoms with Crippen LogP contribution < -0.4 is 11.1 Å². The number of benzene rings is 1. The van der Waals surface area contributed by atoms with Gasteiger partial charge < -0.3 is 11.1 Å². The zero-order valence-corrected chi connectivity index (χ0v) is 12.2. The molecule has 3 N–H and O–H groups in total. The second-order valence-electron chi connectivity index (χ2n) is 5.05. The maximum atomic E-state index is 12.1. The van der Waals surface area contributed by atoms with Gasteiger partial charge in [-0.1, -0.05) is 12.8 Å². The minimum Gasteiger partial charge on any atom is -0.349 e. The highest BCUT2D eigenvalue weighted by molar-refractivity contribution is 5.94. The smallest absolute Gasteiger partial charge is 0.251 e. The molecule has 4 nitrogen and oxygen atoms in total. The highest BCUT2D eigenvalue weighted by Crippen LogP contribution is 2.23. The minimum absolute atomic E-state index is 0. The van der Waals surface area contributed by atoms with E-state index in [-0.39, 0.29) is 24.4 Å². The van der Waals surface area contributed by atoms with Crippen LogP contribution in [-0.4, -0.2) is 18.5 Å². The van der Waals surface area contributed by atoms with Crippen molar-refractivity contribution in [2.45, 2.75) is 31.7 Å². The lowest BCUT2D eigenvalue weighted by molar-refractivity contribution is 0.0908. The van der Waals surface area contributed by atoms with Crippen LogP contribution in [0.25, 0.3) is 0 Å². The van der Waals surface area contributed by atoms with Gasteiger partial charge >= 0.3 is 0 Å². The van der Waals surface area contributed by atoms with Crippen molar-refractivity contribution in [3.63, 3.8) is 0 Å². The largest absolute Gasteiger partial charge is 0.349 e. The summed E-state index contributed by atoms with van der Waals surface area (Å²) in [5.41, 5.74) is 6.92. The average Bonchev–Trinajstić information content (AvgIpc) is 2.48. The lowest BCUT2D eigenvalue weighted by atomic mass is 9.84. The molecular formula is C15H20ClN3O. The Morgan fingerprint density at radius 1 is 1.30 bits per heavy atom. The van der Waals surface area contributed by atoms with Gasteiger partial charge in [0.2, 0.25) is 0 Å². The Balaban J connectivity index is 0.00000200. The first-order chi connectivity index (χ1) is 9.24. The molecule has 1 aromatic carbocycles. The van der Waals surface area contributed by atoms with Crippen molar-refractivity contribution >= 4 is 18.3 Å². The molecule has 1 fully saturated rings. The van der Waals surface area contributed by atoms with Gasteiger partial charge in [0, 0.05) is 11.6 Å². The number of nitrogens with zero attached hydrogens (tertiary/aromatic N) is 1. The van der Waals surface area contributed by atoms with Gasteiger partial charge in [0.1, 0.15) is 0 Å². The summed E-state index contributed by atoms with van der Waals surface area (Å²) >= 11 is 0. The van der Waals surface area contributed by atoms with E-state index >= 15 is 0 Å². The number of halogens is 1. The van der Waals surface area contributed by atoms with Crippen LogP contribution in [0.4, 0.5) is 0 Å². The van der Waals surface area contributed by atoms with Gasteiger partial charge in [0.25, 0.3) is 5.91 Å². The van der Waals surface area contributed by atoms with Gasteiger partial charge in [0.15, 0.2) is 0 Å². The molecule has 0 aromatic heterocycles. The summed E-state index contributed by atoms with van der Waals surface area (Å²) in [6, 6.07) is 8.93. The fourth-order valence-electron chi connectivity index (χ4n) is 2.63. The summed E-state index contributed by atoms with van der Waals surface area (Å²) in [7, 11) is 0. The summed E-state index contributed by atoms with van der Waals surface area (Å²) in [5.74, 6) is 0.311. The molecule has 1 aliphatic carbocycles. The monoisotopic (exact) mass is 293 g/mol. The second-order valence-corrected chi connectivity index (χ2v) is 5.05. The quantitative estimate of drug-likeness (QED) is 0.897. The average molecular weight is 294 g/mol. The van der Waals surface area contributed by atoms with Gasteiger partial charge in [-0.3, -0.25) is 4.79 Å². The summed E-state index contributed by atoms with van der Waals surface area (Å²) in [6.45, 7) is 0.623. The summed E-state index contributed by atoms with van der Waals surface area (Å²) in [5, 5.41) is 11.8. The van der Waals surface area contributed by atoms with E-state index in [9.17, 15) is 4.79 Å². The Bertz CT molecular complexity index is 481. The Kier molecular flexibility index (Phi) is 6.50. The van der Waals surface area contributed by atoms with Gasteiger partial charge in [-0.15, -0.1) is 12.4 Å². The van der Waals surface area contributed by atoms with Gasteiger partial charge in [-0.05, 0) is 49.6 Å². The molecule has 20 heavy (non-hydrogen) atoms. The van der Waals surface area contributed by atoms with Crippen molar-refractivity contribution in [2.75, 3.05) is 6.54 Å². The molecule has 2 rings (SSSR count). The van der Waals surface area contributed by atoms with Crippen LogP contribution in [0, 0.1) is 17.2 Å². The zero-order valence-electron chi connectivity index (χ0n) is 11.3. The van der Waals surface area contributed by atoms with Crippen LogP contribution in [0.5, 0.6) is 0 Å². The molecule has 0 bridgehead atoms. The Hall–Kier alpha value is -1.57. The standard InChI is InChI=1S/C15H19N3O.ClH/c16-9-11-5-7-12(8-6-11)15(19)18-14-4-2-1-3-13(14)10-17;/h5-8,13-14H,1-4,10,17H2,(H,18,19);1H. The lowest BCUT2D eigenvalue weighted by Crippen LogP contribution is -2.44. The normalized spacial score (nSPS) is 21.4. The van der Waals surface area contributed by atoms with E-state index in [1.165, 1.54) is 6.42 Å². The van der Waals surface area contributed by atoms with Gasteiger partial charge in [0.05, 0.1) is 11.6 Å². The first kappa shape index (κ1) is 16.5. The molecule has 1 aliphatic rings. The van der Waals surface area contributed by atoms with Crippen LogP contribution >= 0.6 is 12.4 Å². The Morgan fingerprint density at radius 2 is 1.95 bits per heavy atom. The highest BCUT2D eigenvalue weighted by atomic mass is 35.5. The number of carbonyl (C=O) groups is 1. The first-order valence-electron chi connectivity index (χ1n) is 6.75. The predicted octanol–water partition coefficient (Wildman–Crippen LogP) is 2.23. The van der Waals surface area contributed by atoms with E-state index in [2.05, 4.69) is 5.32 Å². The number of rotatable bonds is 3. The van der Waals surface area contributed by atoms with Crippen LogP contribution in [0.15, 0.2) is 24.3 Å². The third-order valence-corrected chi connectivity index (χ3v) is 3.80. The van der Waals surface area contributed by atoms with Crippen molar-refractivity contribution in [3.8, 4) is 6.07 Å². The number of hydrogen-bond donors (Lipinski definition) is 2. The van der Waals surface area contributed by atoms with Gasteiger partial charge in [-0.2, -0.15) is 5.26 Å².